The smallest absolute Gasteiger partial charge is 0.203 e. The minimum atomic E-state index is -0.148. The number of hydrogen-bond donors (Lipinski definition) is 2. The summed E-state index contributed by atoms with van der Waals surface area (Å²) in [4.78, 5) is 32.5. The Kier molecular flexibility index (Phi) is 4.80. The molecule has 2 aliphatic rings. The van der Waals surface area contributed by atoms with Gasteiger partial charge in [-0.15, -0.1) is 0 Å². The molecule has 0 aliphatic heterocycles. The first-order valence-corrected chi connectivity index (χ1v) is 9.39. The van der Waals surface area contributed by atoms with Gasteiger partial charge in [0.2, 0.25) is 5.78 Å². The lowest BCUT2D eigenvalue weighted by Gasteiger charge is -2.22. The highest BCUT2D eigenvalue weighted by Crippen LogP contribution is 2.29. The molecule has 5 nitrogen and oxygen atoms in total. The monoisotopic (exact) mass is 349 g/mol. The van der Waals surface area contributed by atoms with Crippen molar-refractivity contribution in [3.8, 4) is 0 Å². The van der Waals surface area contributed by atoms with E-state index in [2.05, 4.69) is 15.3 Å². The van der Waals surface area contributed by atoms with Crippen LogP contribution in [-0.2, 0) is 6.42 Å². The van der Waals surface area contributed by atoms with Gasteiger partial charge in [0.1, 0.15) is 0 Å². The molecule has 4 rings (SSSR count). The van der Waals surface area contributed by atoms with E-state index in [1.54, 1.807) is 18.5 Å². The van der Waals surface area contributed by atoms with Crippen LogP contribution >= 0.6 is 0 Å². The van der Waals surface area contributed by atoms with Crippen LogP contribution in [-0.4, -0.2) is 34.1 Å². The van der Waals surface area contributed by atoms with Gasteiger partial charge in [0.15, 0.2) is 5.78 Å². The molecule has 1 saturated carbocycles. The van der Waals surface area contributed by atoms with Crippen molar-refractivity contribution >= 4 is 17.1 Å². The predicted molar refractivity (Wildman–Crippen MR) is 100 cm³/mol. The molecule has 0 aromatic carbocycles. The van der Waals surface area contributed by atoms with E-state index in [0.29, 0.717) is 28.4 Å². The highest BCUT2D eigenvalue weighted by molar-refractivity contribution is 6.38. The summed E-state index contributed by atoms with van der Waals surface area (Å²) in [5.41, 5.74) is 2.97. The lowest BCUT2D eigenvalue weighted by molar-refractivity contribution is 0.0998. The number of carbonyl (C=O) groups is 2. The number of H-pyrrole nitrogens is 1. The molecule has 2 aromatic rings. The van der Waals surface area contributed by atoms with E-state index in [1.165, 1.54) is 38.2 Å². The number of fused-ring (bicyclic) bond motifs is 1. The Bertz CT molecular complexity index is 845. The standard InChI is InChI=1S/C21H23N3O2/c25-18-11-17(14-5-4-9-22-12-14)21(26)19-15(13-24-20(18)19)8-10-23-16-6-2-1-3-7-16/h4-5,9,11-13,16,23-24H,1-3,6-8,10H2. The second-order valence-corrected chi connectivity index (χ2v) is 7.10. The maximum Gasteiger partial charge on any atom is 0.203 e. The molecule has 26 heavy (non-hydrogen) atoms. The van der Waals surface area contributed by atoms with Crippen molar-refractivity contribution in [3.05, 3.63) is 59.2 Å². The summed E-state index contributed by atoms with van der Waals surface area (Å²) in [6.45, 7) is 0.822. The van der Waals surface area contributed by atoms with E-state index in [1.807, 2.05) is 12.3 Å². The van der Waals surface area contributed by atoms with Crippen molar-refractivity contribution in [1.82, 2.24) is 15.3 Å². The first-order chi connectivity index (χ1) is 12.7. The fourth-order valence-corrected chi connectivity index (χ4v) is 3.97. The molecule has 0 amide bonds. The van der Waals surface area contributed by atoms with Crippen molar-refractivity contribution in [1.29, 1.82) is 0 Å². The van der Waals surface area contributed by atoms with Crippen LogP contribution in [0.15, 0.2) is 36.8 Å². The van der Waals surface area contributed by atoms with Crippen molar-refractivity contribution < 1.29 is 9.59 Å². The molecule has 0 atom stereocenters. The summed E-state index contributed by atoms with van der Waals surface area (Å²) < 4.78 is 0. The summed E-state index contributed by atoms with van der Waals surface area (Å²) in [6.07, 6.45) is 13.6. The molecular formula is C21H23N3O2. The van der Waals surface area contributed by atoms with Crippen molar-refractivity contribution in [2.45, 2.75) is 44.6 Å². The van der Waals surface area contributed by atoms with Crippen LogP contribution in [0.25, 0.3) is 5.57 Å². The molecule has 2 heterocycles. The van der Waals surface area contributed by atoms with Gasteiger partial charge in [-0.2, -0.15) is 0 Å². The number of allylic oxidation sites excluding steroid dienone is 2. The number of carbonyl (C=O) groups excluding carboxylic acids is 2. The Hall–Kier alpha value is -2.53. The Balaban J connectivity index is 1.51. The quantitative estimate of drug-likeness (QED) is 0.868. The van der Waals surface area contributed by atoms with Gasteiger partial charge >= 0.3 is 0 Å². The van der Waals surface area contributed by atoms with Crippen LogP contribution in [0.4, 0.5) is 0 Å². The van der Waals surface area contributed by atoms with Crippen LogP contribution in [0.2, 0.25) is 0 Å². The lowest BCUT2D eigenvalue weighted by atomic mass is 9.88. The zero-order valence-corrected chi connectivity index (χ0v) is 14.8. The molecule has 0 radical (unpaired) electrons. The van der Waals surface area contributed by atoms with Crippen LogP contribution in [0.5, 0.6) is 0 Å². The minimum absolute atomic E-state index is 0.0958. The number of rotatable bonds is 5. The van der Waals surface area contributed by atoms with Gasteiger partial charge in [-0.3, -0.25) is 14.6 Å². The Morgan fingerprint density at radius 1 is 1.19 bits per heavy atom. The topological polar surface area (TPSA) is 74.8 Å². The van der Waals surface area contributed by atoms with Crippen LogP contribution in [0.3, 0.4) is 0 Å². The summed E-state index contributed by atoms with van der Waals surface area (Å²) in [5.74, 6) is -0.244. The fraction of sp³-hybridized carbons (Fsp3) is 0.381. The molecule has 2 aromatic heterocycles. The van der Waals surface area contributed by atoms with Crippen LogP contribution < -0.4 is 5.32 Å². The zero-order valence-electron chi connectivity index (χ0n) is 14.8. The third kappa shape index (κ3) is 3.27. The van der Waals surface area contributed by atoms with Gasteiger partial charge in [0.25, 0.3) is 0 Å². The average Bonchev–Trinajstić information content (AvgIpc) is 3.11. The summed E-state index contributed by atoms with van der Waals surface area (Å²) in [6, 6.07) is 4.17. The molecule has 0 spiro atoms. The SMILES string of the molecule is O=C1C=C(c2cccnc2)C(=O)c2c(CCNC3CCCCC3)c[nH]c21. The van der Waals surface area contributed by atoms with Crippen LogP contribution in [0.1, 0.15) is 64.1 Å². The molecule has 0 unspecified atom stereocenters. The van der Waals surface area contributed by atoms with E-state index < -0.39 is 0 Å². The van der Waals surface area contributed by atoms with Crippen molar-refractivity contribution in [2.75, 3.05) is 6.54 Å². The van der Waals surface area contributed by atoms with Crippen molar-refractivity contribution in [2.24, 2.45) is 0 Å². The summed E-state index contributed by atoms with van der Waals surface area (Å²) in [5, 5.41) is 3.60. The molecule has 0 bridgehead atoms. The Labute approximate surface area is 152 Å². The second-order valence-electron chi connectivity index (χ2n) is 7.10. The normalized spacial score (nSPS) is 17.9. The largest absolute Gasteiger partial charge is 0.358 e. The van der Waals surface area contributed by atoms with E-state index in [9.17, 15) is 9.59 Å². The van der Waals surface area contributed by atoms with Gasteiger partial charge in [-0.25, -0.2) is 0 Å². The lowest BCUT2D eigenvalue weighted by Crippen LogP contribution is -2.32. The van der Waals surface area contributed by atoms with Gasteiger partial charge in [0, 0.05) is 35.8 Å². The van der Waals surface area contributed by atoms with E-state index in [4.69, 9.17) is 0 Å². The maximum absolute atomic E-state index is 13.0. The Morgan fingerprint density at radius 3 is 2.81 bits per heavy atom. The van der Waals surface area contributed by atoms with E-state index >= 15 is 0 Å². The molecule has 2 aliphatic carbocycles. The van der Waals surface area contributed by atoms with Gasteiger partial charge in [-0.05, 0) is 43.5 Å². The maximum atomic E-state index is 13.0. The molecular weight excluding hydrogens is 326 g/mol. The van der Waals surface area contributed by atoms with Gasteiger partial charge in [-0.1, -0.05) is 25.3 Å². The summed E-state index contributed by atoms with van der Waals surface area (Å²) in [7, 11) is 0. The summed E-state index contributed by atoms with van der Waals surface area (Å²) >= 11 is 0. The number of hydrogen-bond acceptors (Lipinski definition) is 4. The van der Waals surface area contributed by atoms with Gasteiger partial charge in [0.05, 0.1) is 11.3 Å². The number of aromatic amines is 1. The van der Waals surface area contributed by atoms with Crippen LogP contribution in [0, 0.1) is 0 Å². The minimum Gasteiger partial charge on any atom is -0.358 e. The highest BCUT2D eigenvalue weighted by Gasteiger charge is 2.30. The molecule has 0 saturated heterocycles. The molecule has 134 valence electrons. The third-order valence-electron chi connectivity index (χ3n) is 5.36. The molecule has 2 N–H and O–H groups in total. The first-order valence-electron chi connectivity index (χ1n) is 9.39. The third-order valence-corrected chi connectivity index (χ3v) is 5.36. The molecule has 1 fully saturated rings. The second kappa shape index (κ2) is 7.38. The number of aromatic nitrogens is 2. The number of nitrogens with one attached hydrogen (secondary N) is 2. The van der Waals surface area contributed by atoms with E-state index in [-0.39, 0.29) is 11.6 Å². The van der Waals surface area contributed by atoms with Gasteiger partial charge < -0.3 is 10.3 Å². The zero-order chi connectivity index (χ0) is 17.9. The highest BCUT2D eigenvalue weighted by atomic mass is 16.1. The van der Waals surface area contributed by atoms with E-state index in [0.717, 1.165) is 18.5 Å². The van der Waals surface area contributed by atoms with Crippen molar-refractivity contribution in [3.63, 3.8) is 0 Å². The predicted octanol–water partition coefficient (Wildman–Crippen LogP) is 3.34. The number of nitrogens with zero attached hydrogens (tertiary/aromatic N) is 1. The Morgan fingerprint density at radius 2 is 2.04 bits per heavy atom. The molecule has 5 heteroatoms. The fourth-order valence-electron chi connectivity index (χ4n) is 3.97. The number of pyridine rings is 1. The average molecular weight is 349 g/mol. The number of ketones is 2. The first kappa shape index (κ1) is 16.9. The number of Topliss-reactive ketones (excluding diaryl/α,β-unsaturated/α-hetero) is 1.